The Morgan fingerprint density at radius 3 is 2.70 bits per heavy atom. The average Bonchev–Trinajstić information content (AvgIpc) is 1.98. The van der Waals surface area contributed by atoms with Gasteiger partial charge in [0.2, 0.25) is 0 Å². The first-order chi connectivity index (χ1) is 4.85. The van der Waals surface area contributed by atoms with E-state index >= 15 is 0 Å². The van der Waals surface area contributed by atoms with Gasteiger partial charge in [0.25, 0.3) is 0 Å². The molecule has 0 N–H and O–H groups in total. The zero-order chi connectivity index (χ0) is 7.82. The van der Waals surface area contributed by atoms with Crippen LogP contribution in [0.3, 0.4) is 0 Å². The fourth-order valence-electron chi connectivity index (χ4n) is 0.527. The summed E-state index contributed by atoms with van der Waals surface area (Å²) >= 11 is 1.76. The smallest absolute Gasteiger partial charge is 0.0111 e. The van der Waals surface area contributed by atoms with E-state index in [-0.39, 0.29) is 0 Å². The molecule has 0 aliphatic heterocycles. The highest BCUT2D eigenvalue weighted by molar-refractivity contribution is 8.05. The Labute approximate surface area is 67.7 Å². The molecule has 0 aromatic heterocycles. The molecule has 0 saturated heterocycles. The van der Waals surface area contributed by atoms with Crippen molar-refractivity contribution < 1.29 is 0 Å². The third-order valence-corrected chi connectivity index (χ3v) is 2.14. The van der Waals surface area contributed by atoms with Crippen LogP contribution in [-0.2, 0) is 0 Å². The fourth-order valence-corrected chi connectivity index (χ4v) is 1.18. The third kappa shape index (κ3) is 4.45. The zero-order valence-electron chi connectivity index (χ0n) is 6.63. The first-order valence-electron chi connectivity index (χ1n) is 3.44. The molecule has 1 heteroatoms. The first kappa shape index (κ1) is 9.57. The van der Waals surface area contributed by atoms with Gasteiger partial charge in [-0.1, -0.05) is 31.7 Å². The summed E-state index contributed by atoms with van der Waals surface area (Å²) < 4.78 is 0. The van der Waals surface area contributed by atoms with E-state index in [1.165, 1.54) is 4.91 Å². The molecule has 0 aliphatic carbocycles. The number of allylic oxidation sites excluding steroid dienone is 4. The molecule has 56 valence electrons. The molecule has 0 heterocycles. The SMILES string of the molecule is C=C/C=C(/CC)S/C=C/C. The fraction of sp³-hybridized carbons (Fsp3) is 0.333. The molecule has 0 aliphatic rings. The van der Waals surface area contributed by atoms with Crippen LogP contribution in [0.4, 0.5) is 0 Å². The van der Waals surface area contributed by atoms with E-state index < -0.39 is 0 Å². The van der Waals surface area contributed by atoms with Crippen molar-refractivity contribution in [3.63, 3.8) is 0 Å². The Bertz CT molecular complexity index is 143. The first-order valence-corrected chi connectivity index (χ1v) is 4.32. The molecule has 0 radical (unpaired) electrons. The molecule has 0 rings (SSSR count). The van der Waals surface area contributed by atoms with Crippen LogP contribution in [0.25, 0.3) is 0 Å². The minimum absolute atomic E-state index is 1.08. The third-order valence-electron chi connectivity index (χ3n) is 1.01. The van der Waals surface area contributed by atoms with Gasteiger partial charge in [0.05, 0.1) is 0 Å². The Hall–Kier alpha value is -0.430. The van der Waals surface area contributed by atoms with Gasteiger partial charge in [0.15, 0.2) is 0 Å². The van der Waals surface area contributed by atoms with E-state index in [0.717, 1.165) is 6.42 Å². The van der Waals surface area contributed by atoms with Gasteiger partial charge in [-0.2, -0.15) is 0 Å². The lowest BCUT2D eigenvalue weighted by atomic mass is 10.4. The Kier molecular flexibility index (Phi) is 6.40. The summed E-state index contributed by atoms with van der Waals surface area (Å²) in [6.07, 6.45) is 7.00. The van der Waals surface area contributed by atoms with Crippen molar-refractivity contribution >= 4 is 11.8 Å². The van der Waals surface area contributed by atoms with Crippen molar-refractivity contribution in [1.29, 1.82) is 0 Å². The lowest BCUT2D eigenvalue weighted by Gasteiger charge is -1.95. The van der Waals surface area contributed by atoms with Gasteiger partial charge in [0, 0.05) is 0 Å². The molecular formula is C9H14S. The molecule has 0 atom stereocenters. The topological polar surface area (TPSA) is 0 Å². The molecule has 0 spiro atoms. The number of hydrogen-bond donors (Lipinski definition) is 0. The molecule has 0 amide bonds. The van der Waals surface area contributed by atoms with Crippen molar-refractivity contribution in [2.75, 3.05) is 0 Å². The van der Waals surface area contributed by atoms with Gasteiger partial charge in [-0.25, -0.2) is 0 Å². The quantitative estimate of drug-likeness (QED) is 0.556. The summed E-state index contributed by atoms with van der Waals surface area (Å²) in [5.74, 6) is 0. The Morgan fingerprint density at radius 1 is 1.60 bits per heavy atom. The van der Waals surface area contributed by atoms with E-state index in [4.69, 9.17) is 0 Å². The van der Waals surface area contributed by atoms with Crippen molar-refractivity contribution in [3.05, 3.63) is 35.1 Å². The molecule has 10 heavy (non-hydrogen) atoms. The number of thioether (sulfide) groups is 1. The van der Waals surface area contributed by atoms with Gasteiger partial charge in [-0.3, -0.25) is 0 Å². The average molecular weight is 154 g/mol. The van der Waals surface area contributed by atoms with Crippen LogP contribution in [0.15, 0.2) is 35.1 Å². The van der Waals surface area contributed by atoms with Gasteiger partial charge in [0.1, 0.15) is 0 Å². The molecule has 0 aromatic rings. The van der Waals surface area contributed by atoms with E-state index in [1.54, 1.807) is 11.8 Å². The van der Waals surface area contributed by atoms with E-state index in [1.807, 2.05) is 25.2 Å². The second-order valence-corrected chi connectivity index (χ2v) is 2.84. The van der Waals surface area contributed by atoms with Crippen LogP contribution in [0.5, 0.6) is 0 Å². The second kappa shape index (κ2) is 6.69. The molecule has 0 nitrogen and oxygen atoms in total. The van der Waals surface area contributed by atoms with Crippen LogP contribution in [-0.4, -0.2) is 0 Å². The van der Waals surface area contributed by atoms with Crippen LogP contribution < -0.4 is 0 Å². The van der Waals surface area contributed by atoms with Crippen molar-refractivity contribution in [2.45, 2.75) is 20.3 Å². The molecule has 0 fully saturated rings. The van der Waals surface area contributed by atoms with Crippen LogP contribution in [0, 0.1) is 0 Å². The Morgan fingerprint density at radius 2 is 2.30 bits per heavy atom. The summed E-state index contributed by atoms with van der Waals surface area (Å²) in [7, 11) is 0. The molecule has 0 unspecified atom stereocenters. The summed E-state index contributed by atoms with van der Waals surface area (Å²) in [5.41, 5.74) is 0. The summed E-state index contributed by atoms with van der Waals surface area (Å²) in [4.78, 5) is 1.35. The van der Waals surface area contributed by atoms with Crippen LogP contribution in [0.1, 0.15) is 20.3 Å². The summed E-state index contributed by atoms with van der Waals surface area (Å²) in [6, 6.07) is 0. The predicted molar refractivity (Wildman–Crippen MR) is 51.0 cm³/mol. The highest BCUT2D eigenvalue weighted by Gasteiger charge is 1.87. The highest BCUT2D eigenvalue weighted by Crippen LogP contribution is 2.19. The number of rotatable bonds is 4. The maximum absolute atomic E-state index is 3.64. The van der Waals surface area contributed by atoms with Gasteiger partial charge >= 0.3 is 0 Å². The largest absolute Gasteiger partial charge is 0.103 e. The van der Waals surface area contributed by atoms with E-state index in [2.05, 4.69) is 18.9 Å². The van der Waals surface area contributed by atoms with Crippen molar-refractivity contribution in [1.82, 2.24) is 0 Å². The molecular weight excluding hydrogens is 140 g/mol. The van der Waals surface area contributed by atoms with E-state index in [9.17, 15) is 0 Å². The monoisotopic (exact) mass is 154 g/mol. The van der Waals surface area contributed by atoms with Gasteiger partial charge in [-0.05, 0) is 23.7 Å². The zero-order valence-corrected chi connectivity index (χ0v) is 7.45. The lowest BCUT2D eigenvalue weighted by molar-refractivity contribution is 1.20. The van der Waals surface area contributed by atoms with Gasteiger partial charge in [-0.15, -0.1) is 11.8 Å². The minimum atomic E-state index is 1.08. The molecule has 0 aromatic carbocycles. The summed E-state index contributed by atoms with van der Waals surface area (Å²) in [6.45, 7) is 7.81. The lowest BCUT2D eigenvalue weighted by Crippen LogP contribution is -1.67. The van der Waals surface area contributed by atoms with E-state index in [0.29, 0.717) is 0 Å². The van der Waals surface area contributed by atoms with Crippen molar-refractivity contribution in [2.24, 2.45) is 0 Å². The highest BCUT2D eigenvalue weighted by atomic mass is 32.2. The standard InChI is InChI=1S/C9H14S/c1-4-7-9(6-3)10-8-5-2/h4-5,7-8H,1,6H2,2-3H3/b8-5+,9-7-. The normalized spacial score (nSPS) is 12.4. The molecule has 0 bridgehead atoms. The second-order valence-electron chi connectivity index (χ2n) is 1.81. The predicted octanol–water partition coefficient (Wildman–Crippen LogP) is 3.73. The van der Waals surface area contributed by atoms with Crippen LogP contribution >= 0.6 is 11.8 Å². The maximum atomic E-state index is 3.64. The number of hydrogen-bond acceptors (Lipinski definition) is 1. The Balaban J connectivity index is 3.82. The maximum Gasteiger partial charge on any atom is -0.0111 e. The van der Waals surface area contributed by atoms with Gasteiger partial charge < -0.3 is 0 Å². The minimum Gasteiger partial charge on any atom is -0.103 e. The molecule has 0 saturated carbocycles. The summed E-state index contributed by atoms with van der Waals surface area (Å²) in [5, 5.41) is 2.08. The van der Waals surface area contributed by atoms with Crippen LogP contribution in [0.2, 0.25) is 0 Å². The van der Waals surface area contributed by atoms with Crippen molar-refractivity contribution in [3.8, 4) is 0 Å².